The first-order chi connectivity index (χ1) is 13.7. The maximum absolute atomic E-state index is 5.84. The summed E-state index contributed by atoms with van der Waals surface area (Å²) in [6, 6.07) is 9.01. The van der Waals surface area contributed by atoms with Crippen molar-refractivity contribution in [3.63, 3.8) is 0 Å². The summed E-state index contributed by atoms with van der Waals surface area (Å²) >= 11 is 0. The van der Waals surface area contributed by atoms with Crippen molar-refractivity contribution in [2.24, 2.45) is 5.41 Å². The number of hydrogen-bond acceptors (Lipinski definition) is 3. The predicted octanol–water partition coefficient (Wildman–Crippen LogP) is 5.71. The van der Waals surface area contributed by atoms with Gasteiger partial charge in [-0.25, -0.2) is 0 Å². The fraction of sp³-hybridized carbons (Fsp3) is 0.520. The molecule has 0 radical (unpaired) electrons. The standard InChI is InChI=1S/C25H35NO2/c1-4-8-21(5-2)22-10-12-23(13-11-22)28-20-19-27-18-17-26-16-15-25(3)14-7-6-9-24(25)26/h6-7,9-16,21,24H,4-5,8,17-20H2,1-3H3. The number of nitrogens with zero attached hydrogens (tertiary/aromatic N) is 1. The number of benzene rings is 1. The molecule has 1 aromatic carbocycles. The maximum Gasteiger partial charge on any atom is 0.119 e. The van der Waals surface area contributed by atoms with Gasteiger partial charge in [-0.15, -0.1) is 0 Å². The summed E-state index contributed by atoms with van der Waals surface area (Å²) in [5.74, 6) is 1.59. The van der Waals surface area contributed by atoms with Gasteiger partial charge in [-0.1, -0.05) is 69.7 Å². The monoisotopic (exact) mass is 381 g/mol. The van der Waals surface area contributed by atoms with Crippen molar-refractivity contribution in [3.8, 4) is 5.75 Å². The first kappa shape index (κ1) is 20.7. The third-order valence-electron chi connectivity index (χ3n) is 5.95. The minimum Gasteiger partial charge on any atom is -0.491 e. The van der Waals surface area contributed by atoms with Crippen molar-refractivity contribution >= 4 is 0 Å². The van der Waals surface area contributed by atoms with Crippen molar-refractivity contribution in [2.45, 2.75) is 52.0 Å². The average Bonchev–Trinajstić information content (AvgIpc) is 3.06. The molecule has 3 heteroatoms. The molecule has 0 N–H and O–H groups in total. The van der Waals surface area contributed by atoms with E-state index in [0.717, 1.165) is 12.3 Å². The molecule has 1 heterocycles. The predicted molar refractivity (Wildman–Crippen MR) is 117 cm³/mol. The quantitative estimate of drug-likeness (QED) is 0.459. The molecule has 3 nitrogen and oxygen atoms in total. The topological polar surface area (TPSA) is 21.7 Å². The molecule has 152 valence electrons. The summed E-state index contributed by atoms with van der Waals surface area (Å²) in [6.45, 7) is 9.61. The zero-order chi connectivity index (χ0) is 19.8. The van der Waals surface area contributed by atoms with Crippen molar-refractivity contribution in [1.29, 1.82) is 0 Å². The molecule has 2 aliphatic rings. The van der Waals surface area contributed by atoms with Gasteiger partial charge in [0.1, 0.15) is 12.4 Å². The van der Waals surface area contributed by atoms with E-state index in [1.54, 1.807) is 0 Å². The zero-order valence-corrected chi connectivity index (χ0v) is 17.6. The van der Waals surface area contributed by atoms with Crippen LogP contribution in [-0.2, 0) is 4.74 Å². The Labute approximate surface area is 170 Å². The summed E-state index contributed by atoms with van der Waals surface area (Å²) in [6.07, 6.45) is 17.0. The molecule has 0 aromatic heterocycles. The molecule has 3 rings (SSSR count). The van der Waals surface area contributed by atoms with Crippen LogP contribution in [0, 0.1) is 5.41 Å². The van der Waals surface area contributed by atoms with Crippen molar-refractivity contribution in [2.75, 3.05) is 26.4 Å². The van der Waals surface area contributed by atoms with Crippen LogP contribution in [0.2, 0.25) is 0 Å². The Bertz CT molecular complexity index is 691. The van der Waals surface area contributed by atoms with Gasteiger partial charge in [-0.05, 0) is 42.7 Å². The van der Waals surface area contributed by atoms with E-state index in [1.807, 2.05) is 0 Å². The Kier molecular flexibility index (Phi) is 7.38. The third-order valence-corrected chi connectivity index (χ3v) is 5.95. The van der Waals surface area contributed by atoms with Crippen LogP contribution < -0.4 is 4.74 Å². The summed E-state index contributed by atoms with van der Waals surface area (Å²) < 4.78 is 11.6. The van der Waals surface area contributed by atoms with E-state index < -0.39 is 0 Å². The van der Waals surface area contributed by atoms with Gasteiger partial charge in [0.15, 0.2) is 0 Å². The lowest BCUT2D eigenvalue weighted by molar-refractivity contribution is 0.0823. The van der Waals surface area contributed by atoms with E-state index in [-0.39, 0.29) is 5.41 Å². The zero-order valence-electron chi connectivity index (χ0n) is 17.6. The van der Waals surface area contributed by atoms with Crippen LogP contribution in [0.1, 0.15) is 51.5 Å². The lowest BCUT2D eigenvalue weighted by Gasteiger charge is -2.34. The average molecular weight is 382 g/mol. The summed E-state index contributed by atoms with van der Waals surface area (Å²) in [4.78, 5) is 2.36. The van der Waals surface area contributed by atoms with Crippen LogP contribution >= 0.6 is 0 Å². The Morgan fingerprint density at radius 3 is 2.61 bits per heavy atom. The molecule has 0 fully saturated rings. The van der Waals surface area contributed by atoms with Crippen molar-refractivity contribution in [1.82, 2.24) is 4.90 Å². The molecule has 1 aliphatic heterocycles. The van der Waals surface area contributed by atoms with Gasteiger partial charge < -0.3 is 14.4 Å². The molecule has 0 amide bonds. The van der Waals surface area contributed by atoms with Gasteiger partial charge in [-0.2, -0.15) is 0 Å². The van der Waals surface area contributed by atoms with Gasteiger partial charge in [0.05, 0.1) is 19.3 Å². The van der Waals surface area contributed by atoms with Crippen LogP contribution in [0.4, 0.5) is 0 Å². The van der Waals surface area contributed by atoms with E-state index >= 15 is 0 Å². The maximum atomic E-state index is 5.84. The van der Waals surface area contributed by atoms with Crippen LogP contribution in [0.25, 0.3) is 0 Å². The third kappa shape index (κ3) is 5.08. The van der Waals surface area contributed by atoms with E-state index in [2.05, 4.69) is 86.5 Å². The second-order valence-electron chi connectivity index (χ2n) is 8.03. The number of hydrogen-bond donors (Lipinski definition) is 0. The van der Waals surface area contributed by atoms with Gasteiger partial charge in [0.2, 0.25) is 0 Å². The Balaban J connectivity index is 1.33. The molecule has 0 spiro atoms. The first-order valence-electron chi connectivity index (χ1n) is 10.8. The van der Waals surface area contributed by atoms with Gasteiger partial charge in [0.25, 0.3) is 0 Å². The fourth-order valence-electron chi connectivity index (χ4n) is 4.20. The lowest BCUT2D eigenvalue weighted by atomic mass is 9.81. The number of rotatable bonds is 11. The van der Waals surface area contributed by atoms with Crippen LogP contribution in [0.15, 0.2) is 60.8 Å². The van der Waals surface area contributed by atoms with Gasteiger partial charge in [0, 0.05) is 12.0 Å². The molecule has 3 unspecified atom stereocenters. The molecule has 0 bridgehead atoms. The van der Waals surface area contributed by atoms with E-state index in [9.17, 15) is 0 Å². The summed E-state index contributed by atoms with van der Waals surface area (Å²) in [7, 11) is 0. The summed E-state index contributed by atoms with van der Waals surface area (Å²) in [5, 5.41) is 0. The molecule has 1 aromatic rings. The molecule has 0 saturated carbocycles. The fourth-order valence-corrected chi connectivity index (χ4v) is 4.20. The normalized spacial score (nSPS) is 23.8. The molecular formula is C25H35NO2. The van der Waals surface area contributed by atoms with Crippen LogP contribution in [0.5, 0.6) is 5.75 Å². The van der Waals surface area contributed by atoms with E-state index in [0.29, 0.717) is 31.8 Å². The number of fused-ring (bicyclic) bond motifs is 1. The first-order valence-corrected chi connectivity index (χ1v) is 10.8. The Morgan fingerprint density at radius 2 is 1.86 bits per heavy atom. The minimum absolute atomic E-state index is 0.123. The summed E-state index contributed by atoms with van der Waals surface area (Å²) in [5.41, 5.74) is 1.54. The highest BCUT2D eigenvalue weighted by molar-refractivity contribution is 5.32. The highest BCUT2D eigenvalue weighted by atomic mass is 16.5. The SMILES string of the molecule is CCCC(CC)c1ccc(OCCOCCN2C=CC3(C)C=CC=CC23)cc1. The molecule has 1 aliphatic carbocycles. The molecular weight excluding hydrogens is 346 g/mol. The van der Waals surface area contributed by atoms with Crippen molar-refractivity contribution < 1.29 is 9.47 Å². The second-order valence-corrected chi connectivity index (χ2v) is 8.03. The van der Waals surface area contributed by atoms with Gasteiger partial charge in [-0.3, -0.25) is 0 Å². The Hall–Kier alpha value is -2.00. The number of ether oxygens (including phenoxy) is 2. The second kappa shape index (κ2) is 9.97. The van der Waals surface area contributed by atoms with Crippen LogP contribution in [-0.4, -0.2) is 37.3 Å². The lowest BCUT2D eigenvalue weighted by Crippen LogP contribution is -2.38. The van der Waals surface area contributed by atoms with Crippen LogP contribution in [0.3, 0.4) is 0 Å². The largest absolute Gasteiger partial charge is 0.491 e. The molecule has 28 heavy (non-hydrogen) atoms. The molecule has 3 atom stereocenters. The van der Waals surface area contributed by atoms with E-state index in [4.69, 9.17) is 9.47 Å². The highest BCUT2D eigenvalue weighted by Crippen LogP contribution is 2.37. The van der Waals surface area contributed by atoms with E-state index in [1.165, 1.54) is 24.8 Å². The minimum atomic E-state index is 0.123. The Morgan fingerprint density at radius 1 is 1.04 bits per heavy atom. The number of allylic oxidation sites excluding steroid dienone is 2. The highest BCUT2D eigenvalue weighted by Gasteiger charge is 2.36. The smallest absolute Gasteiger partial charge is 0.119 e. The van der Waals surface area contributed by atoms with Crippen molar-refractivity contribution in [3.05, 3.63) is 66.4 Å². The molecule has 0 saturated heterocycles. The van der Waals surface area contributed by atoms with Gasteiger partial charge >= 0.3 is 0 Å².